The van der Waals surface area contributed by atoms with Crippen LogP contribution in [0.1, 0.15) is 0 Å². The molecule has 0 saturated heterocycles. The van der Waals surface area contributed by atoms with Gasteiger partial charge in [-0.25, -0.2) is 0 Å². The van der Waals surface area contributed by atoms with Crippen molar-refractivity contribution in [2.45, 2.75) is 0 Å². The van der Waals surface area contributed by atoms with Crippen LogP contribution in [0, 0.1) is 0 Å². The Morgan fingerprint density at radius 2 is 1.09 bits per heavy atom. The molecular formula is C3H3BiO6S. The molecule has 0 aliphatic heterocycles. The fraction of sp³-hybridized carbons (Fsp3) is 0. The predicted octanol–water partition coefficient (Wildman–Crippen LogP) is 0.909. The second-order valence-electron chi connectivity index (χ2n) is 1.46. The third-order valence-electron chi connectivity index (χ3n) is 0.808. The normalized spacial score (nSPS) is 10.5. The fourth-order valence-corrected chi connectivity index (χ4v) is 2.15. The van der Waals surface area contributed by atoms with E-state index in [4.69, 9.17) is 15.3 Å². The Hall–Kier alpha value is -0.487. The average molecular weight is 376 g/mol. The Labute approximate surface area is 67.8 Å². The summed E-state index contributed by atoms with van der Waals surface area (Å²) >= 11 is -5.46. The van der Waals surface area contributed by atoms with Gasteiger partial charge >= 0.3 is 67.8 Å². The molecule has 0 aromatic carbocycles. The molecule has 3 N–H and O–H groups in total. The molecule has 0 rings (SSSR count). The molecule has 0 bridgehead atoms. The van der Waals surface area contributed by atoms with Crippen LogP contribution in [0.3, 0.4) is 0 Å². The van der Waals surface area contributed by atoms with Gasteiger partial charge in [-0.15, -0.1) is 0 Å². The van der Waals surface area contributed by atoms with Gasteiger partial charge in [0.25, 0.3) is 0 Å². The molecule has 62 valence electrons. The van der Waals surface area contributed by atoms with Crippen molar-refractivity contribution in [3.05, 3.63) is 0 Å². The summed E-state index contributed by atoms with van der Waals surface area (Å²) in [6.07, 6.45) is 0. The second-order valence-corrected chi connectivity index (χ2v) is 15.5. The third kappa shape index (κ3) is 1.75. The van der Waals surface area contributed by atoms with E-state index in [-0.39, 0.29) is 0 Å². The molecule has 0 saturated carbocycles. The van der Waals surface area contributed by atoms with Gasteiger partial charge in [-0.05, 0) is 0 Å². The van der Waals surface area contributed by atoms with Crippen LogP contribution in [0.2, 0.25) is 0 Å². The minimum absolute atomic E-state index is 1.86. The summed E-state index contributed by atoms with van der Waals surface area (Å²) in [7, 11) is 4.09. The maximum absolute atomic E-state index is 10.1. The summed E-state index contributed by atoms with van der Waals surface area (Å²) in [6.45, 7) is 0. The van der Waals surface area contributed by atoms with Crippen LogP contribution < -0.4 is 0 Å². The molecule has 6 nitrogen and oxygen atoms in total. The van der Waals surface area contributed by atoms with Crippen molar-refractivity contribution >= 4 is 38.1 Å². The molecule has 0 fully saturated rings. The van der Waals surface area contributed by atoms with E-state index in [1.165, 1.54) is 0 Å². The van der Waals surface area contributed by atoms with Crippen LogP contribution in [0.4, 0.5) is 14.4 Å². The molecule has 0 spiro atoms. The molecular weight excluding hydrogens is 373 g/mol. The van der Waals surface area contributed by atoms with Crippen molar-refractivity contribution in [3.8, 4) is 0 Å². The Balaban J connectivity index is 5.18. The standard InChI is InChI=1S/3CHO2.Bi.S/c3*2-1-3;;/h3*(H,2,3);;. The van der Waals surface area contributed by atoms with E-state index in [1.807, 2.05) is 0 Å². The predicted molar refractivity (Wildman–Crippen MR) is 37.4 cm³/mol. The molecule has 0 aliphatic rings. The monoisotopic (exact) mass is 376 g/mol. The number of hydrogen-bond donors (Lipinski definition) is 3. The first-order valence-corrected chi connectivity index (χ1v) is 12.0. The summed E-state index contributed by atoms with van der Waals surface area (Å²) < 4.78 is -5.58. The molecule has 8 heteroatoms. The molecule has 0 radical (unpaired) electrons. The van der Waals surface area contributed by atoms with Gasteiger partial charge in [-0.2, -0.15) is 0 Å². The van der Waals surface area contributed by atoms with Crippen molar-refractivity contribution in [2.75, 3.05) is 0 Å². The first-order valence-electron chi connectivity index (χ1n) is 2.14. The van der Waals surface area contributed by atoms with Gasteiger partial charge < -0.3 is 0 Å². The molecule has 11 heavy (non-hydrogen) atoms. The Bertz CT molecular complexity index is 226. The van der Waals surface area contributed by atoms with Crippen LogP contribution in [0.5, 0.6) is 0 Å². The Morgan fingerprint density at radius 1 is 0.909 bits per heavy atom. The average Bonchev–Trinajstić information content (AvgIpc) is 1.84. The van der Waals surface area contributed by atoms with Gasteiger partial charge in [0.2, 0.25) is 0 Å². The second kappa shape index (κ2) is 3.27. The fourth-order valence-electron chi connectivity index (χ4n) is 0.245. The first kappa shape index (κ1) is 10.5. The zero-order valence-corrected chi connectivity index (χ0v) is 9.22. The Morgan fingerprint density at radius 3 is 1.09 bits per heavy atom. The van der Waals surface area contributed by atoms with Crippen LogP contribution in [-0.2, 0) is 0 Å². The molecule has 0 aliphatic carbocycles. The van der Waals surface area contributed by atoms with E-state index >= 15 is 0 Å². The van der Waals surface area contributed by atoms with Crippen LogP contribution in [0.15, 0.2) is 0 Å². The quantitative estimate of drug-likeness (QED) is 0.628. The number of carbonyl (C=O) groups is 3. The van der Waals surface area contributed by atoms with Crippen molar-refractivity contribution in [1.29, 1.82) is 0 Å². The van der Waals surface area contributed by atoms with Gasteiger partial charge in [-0.1, -0.05) is 0 Å². The summed E-state index contributed by atoms with van der Waals surface area (Å²) in [4.78, 5) is 30.4. The topological polar surface area (TPSA) is 112 Å². The van der Waals surface area contributed by atoms with Crippen molar-refractivity contribution in [1.82, 2.24) is 0 Å². The zero-order chi connectivity index (χ0) is 9.23. The molecule has 0 heterocycles. The third-order valence-corrected chi connectivity index (χ3v) is 11.2. The SMILES string of the molecule is O=[C](O)[Bi](=[S])([C](=O)O)[C](=O)O. The Kier molecular flexibility index (Phi) is 3.13. The van der Waals surface area contributed by atoms with Crippen molar-refractivity contribution < 1.29 is 29.7 Å². The zero-order valence-electron chi connectivity index (χ0n) is 4.92. The molecule has 0 aromatic rings. The maximum atomic E-state index is 10.1. The summed E-state index contributed by atoms with van der Waals surface area (Å²) in [5.41, 5.74) is 0. The van der Waals surface area contributed by atoms with Gasteiger partial charge in [0, 0.05) is 0 Å². The van der Waals surface area contributed by atoms with E-state index in [0.717, 1.165) is 0 Å². The molecule has 0 unspecified atom stereocenters. The first-order chi connectivity index (χ1) is 4.83. The summed E-state index contributed by atoms with van der Waals surface area (Å²) in [6, 6.07) is 0. The van der Waals surface area contributed by atoms with Crippen molar-refractivity contribution in [3.63, 3.8) is 0 Å². The van der Waals surface area contributed by atoms with Gasteiger partial charge in [0.05, 0.1) is 0 Å². The summed E-state index contributed by atoms with van der Waals surface area (Å²) in [5, 5.41) is 24.6. The van der Waals surface area contributed by atoms with Crippen LogP contribution >= 0.6 is 8.86 Å². The minimum atomic E-state index is -5.46. The van der Waals surface area contributed by atoms with E-state index in [0.29, 0.717) is 0 Å². The van der Waals surface area contributed by atoms with Crippen LogP contribution in [-0.4, -0.2) is 44.6 Å². The van der Waals surface area contributed by atoms with Crippen molar-refractivity contribution in [2.24, 2.45) is 0 Å². The van der Waals surface area contributed by atoms with Gasteiger partial charge in [-0.3, -0.25) is 0 Å². The van der Waals surface area contributed by atoms with Gasteiger partial charge in [0.15, 0.2) is 0 Å². The summed E-state index contributed by atoms with van der Waals surface area (Å²) in [5.74, 6) is 0. The number of carboxylic acid groups (broad SMARTS) is 3. The molecule has 0 atom stereocenters. The van der Waals surface area contributed by atoms with Crippen LogP contribution in [0.25, 0.3) is 0 Å². The van der Waals surface area contributed by atoms with E-state index < -0.39 is 29.3 Å². The van der Waals surface area contributed by atoms with E-state index in [9.17, 15) is 14.4 Å². The van der Waals surface area contributed by atoms with E-state index in [1.54, 1.807) is 0 Å². The number of hydrogen-bond acceptors (Lipinski definition) is 4. The molecule has 0 aromatic heterocycles. The van der Waals surface area contributed by atoms with Gasteiger partial charge in [0.1, 0.15) is 0 Å². The van der Waals surface area contributed by atoms with E-state index in [2.05, 4.69) is 8.86 Å². The number of rotatable bonds is 3. The molecule has 0 amide bonds.